The second-order valence-electron chi connectivity index (χ2n) is 3.84. The minimum Gasteiger partial charge on any atom is -0.466 e. The molecule has 7 heteroatoms. The lowest BCUT2D eigenvalue weighted by Gasteiger charge is -2.04. The Labute approximate surface area is 118 Å². The van der Waals surface area contributed by atoms with Gasteiger partial charge < -0.3 is 4.42 Å². The number of thiophene rings is 1. The van der Waals surface area contributed by atoms with E-state index < -0.39 is 11.8 Å². The van der Waals surface area contributed by atoms with Crippen LogP contribution in [0.5, 0.6) is 0 Å². The highest BCUT2D eigenvalue weighted by atomic mass is 35.5. The highest BCUT2D eigenvalue weighted by Gasteiger charge is 2.15. The van der Waals surface area contributed by atoms with Gasteiger partial charge in [-0.1, -0.05) is 11.6 Å². The van der Waals surface area contributed by atoms with E-state index in [1.54, 1.807) is 32.0 Å². The molecule has 0 radical (unpaired) electrons. The topological polar surface area (TPSA) is 71.3 Å². The lowest BCUT2D eigenvalue weighted by atomic mass is 10.2. The van der Waals surface area contributed by atoms with Gasteiger partial charge in [0.05, 0.1) is 14.8 Å². The fourth-order valence-corrected chi connectivity index (χ4v) is 2.47. The monoisotopic (exact) mass is 298 g/mol. The largest absolute Gasteiger partial charge is 0.466 e. The van der Waals surface area contributed by atoms with Gasteiger partial charge in [0.1, 0.15) is 11.5 Å². The summed E-state index contributed by atoms with van der Waals surface area (Å²) in [6.45, 7) is 3.43. The number of rotatable bonds is 2. The molecule has 2 heterocycles. The minimum absolute atomic E-state index is 0.391. The van der Waals surface area contributed by atoms with E-state index in [2.05, 4.69) is 10.9 Å². The summed E-state index contributed by atoms with van der Waals surface area (Å²) in [6.07, 6.45) is 0. The van der Waals surface area contributed by atoms with Crippen molar-refractivity contribution in [3.8, 4) is 0 Å². The maximum Gasteiger partial charge on any atom is 0.279 e. The summed E-state index contributed by atoms with van der Waals surface area (Å²) < 4.78 is 5.75. The molecule has 5 nitrogen and oxygen atoms in total. The van der Waals surface area contributed by atoms with Crippen LogP contribution in [0.15, 0.2) is 22.6 Å². The SMILES string of the molecule is Cc1cc(C(=O)NNC(=O)c2ccc(Cl)s2)c(C)o1. The molecule has 0 saturated heterocycles. The average Bonchev–Trinajstić information content (AvgIpc) is 2.92. The molecular formula is C12H11ClN2O3S. The zero-order valence-electron chi connectivity index (χ0n) is 10.2. The van der Waals surface area contributed by atoms with Crippen molar-refractivity contribution in [1.82, 2.24) is 10.9 Å². The Morgan fingerprint density at radius 1 is 1.21 bits per heavy atom. The van der Waals surface area contributed by atoms with Crippen molar-refractivity contribution in [3.05, 3.63) is 44.5 Å². The number of aryl methyl sites for hydroxylation is 2. The van der Waals surface area contributed by atoms with Gasteiger partial charge in [0, 0.05) is 0 Å². The Kier molecular flexibility index (Phi) is 3.92. The summed E-state index contributed by atoms with van der Waals surface area (Å²) in [4.78, 5) is 23.9. The van der Waals surface area contributed by atoms with Gasteiger partial charge in [-0.2, -0.15) is 0 Å². The Hall–Kier alpha value is -1.79. The molecule has 0 aliphatic carbocycles. The third-order valence-electron chi connectivity index (χ3n) is 2.37. The molecule has 0 aliphatic rings. The van der Waals surface area contributed by atoms with Gasteiger partial charge >= 0.3 is 0 Å². The first kappa shape index (κ1) is 13.6. The van der Waals surface area contributed by atoms with E-state index in [0.717, 1.165) is 11.3 Å². The number of carbonyl (C=O) groups is 2. The number of hydrogen-bond acceptors (Lipinski definition) is 4. The number of amides is 2. The number of hydrogen-bond donors (Lipinski definition) is 2. The smallest absolute Gasteiger partial charge is 0.279 e. The van der Waals surface area contributed by atoms with Crippen LogP contribution < -0.4 is 10.9 Å². The van der Waals surface area contributed by atoms with Gasteiger partial charge in [0.25, 0.3) is 11.8 Å². The van der Waals surface area contributed by atoms with Gasteiger partial charge in [-0.3, -0.25) is 20.4 Å². The van der Waals surface area contributed by atoms with Crippen LogP contribution in [-0.4, -0.2) is 11.8 Å². The summed E-state index contributed by atoms with van der Waals surface area (Å²) >= 11 is 6.86. The molecule has 2 rings (SSSR count). The molecule has 2 N–H and O–H groups in total. The second-order valence-corrected chi connectivity index (χ2v) is 5.55. The number of furan rings is 1. The molecule has 0 saturated carbocycles. The van der Waals surface area contributed by atoms with Crippen molar-refractivity contribution in [1.29, 1.82) is 0 Å². The fraction of sp³-hybridized carbons (Fsp3) is 0.167. The van der Waals surface area contributed by atoms with Crippen LogP contribution in [0.2, 0.25) is 4.34 Å². The van der Waals surface area contributed by atoms with Crippen molar-refractivity contribution in [3.63, 3.8) is 0 Å². The lowest BCUT2D eigenvalue weighted by Crippen LogP contribution is -2.41. The molecule has 0 bridgehead atoms. The summed E-state index contributed by atoms with van der Waals surface area (Å²) in [6, 6.07) is 4.81. The van der Waals surface area contributed by atoms with E-state index in [4.69, 9.17) is 16.0 Å². The Morgan fingerprint density at radius 2 is 1.89 bits per heavy atom. The molecule has 100 valence electrons. The molecule has 0 fully saturated rings. The van der Waals surface area contributed by atoms with Crippen LogP contribution in [-0.2, 0) is 0 Å². The Morgan fingerprint density at radius 3 is 2.42 bits per heavy atom. The number of halogens is 1. The lowest BCUT2D eigenvalue weighted by molar-refractivity contribution is 0.0848. The van der Waals surface area contributed by atoms with E-state index in [1.165, 1.54) is 0 Å². The van der Waals surface area contributed by atoms with Gasteiger partial charge in [-0.05, 0) is 32.0 Å². The van der Waals surface area contributed by atoms with E-state index in [1.807, 2.05) is 0 Å². The molecule has 0 atom stereocenters. The van der Waals surface area contributed by atoms with Crippen molar-refractivity contribution >= 4 is 34.8 Å². The van der Waals surface area contributed by atoms with Crippen molar-refractivity contribution in [2.45, 2.75) is 13.8 Å². The quantitative estimate of drug-likeness (QED) is 0.837. The van der Waals surface area contributed by atoms with Crippen LogP contribution in [0.25, 0.3) is 0 Å². The third-order valence-corrected chi connectivity index (χ3v) is 3.60. The van der Waals surface area contributed by atoms with E-state index >= 15 is 0 Å². The second kappa shape index (κ2) is 5.46. The highest BCUT2D eigenvalue weighted by molar-refractivity contribution is 7.17. The van der Waals surface area contributed by atoms with Gasteiger partial charge in [-0.25, -0.2) is 0 Å². The summed E-state index contributed by atoms with van der Waals surface area (Å²) in [5.74, 6) is 0.302. The van der Waals surface area contributed by atoms with Crippen molar-refractivity contribution < 1.29 is 14.0 Å². The molecule has 19 heavy (non-hydrogen) atoms. The molecule has 0 spiro atoms. The number of nitrogens with one attached hydrogen (secondary N) is 2. The zero-order valence-corrected chi connectivity index (χ0v) is 11.8. The molecular weight excluding hydrogens is 288 g/mol. The average molecular weight is 299 g/mol. The number of hydrazine groups is 1. The third kappa shape index (κ3) is 3.15. The minimum atomic E-state index is -0.426. The first-order valence-corrected chi connectivity index (χ1v) is 6.60. The van der Waals surface area contributed by atoms with Crippen molar-refractivity contribution in [2.75, 3.05) is 0 Å². The van der Waals surface area contributed by atoms with Crippen LogP contribution in [0.3, 0.4) is 0 Å². The maximum absolute atomic E-state index is 11.8. The standard InChI is InChI=1S/C12H11ClN2O3S/c1-6-5-8(7(2)18-6)11(16)14-15-12(17)9-3-4-10(13)19-9/h3-5H,1-2H3,(H,14,16)(H,15,17). The van der Waals surface area contributed by atoms with Gasteiger partial charge in [0.15, 0.2) is 0 Å². The summed E-state index contributed by atoms with van der Waals surface area (Å²) in [5.41, 5.74) is 5.04. The summed E-state index contributed by atoms with van der Waals surface area (Å²) in [7, 11) is 0. The summed E-state index contributed by atoms with van der Waals surface area (Å²) in [5, 5.41) is 0. The molecule has 0 aromatic carbocycles. The fourth-order valence-electron chi connectivity index (χ4n) is 1.54. The predicted octanol–water partition coefficient (Wildman–Crippen LogP) is 2.69. The Balaban J connectivity index is 1.97. The highest BCUT2D eigenvalue weighted by Crippen LogP contribution is 2.21. The van der Waals surface area contributed by atoms with E-state index in [-0.39, 0.29) is 0 Å². The van der Waals surface area contributed by atoms with Crippen LogP contribution in [0, 0.1) is 13.8 Å². The van der Waals surface area contributed by atoms with Crippen molar-refractivity contribution in [2.24, 2.45) is 0 Å². The molecule has 2 aromatic rings. The molecule has 2 aromatic heterocycles. The van der Waals surface area contributed by atoms with Crippen LogP contribution >= 0.6 is 22.9 Å². The normalized spacial score (nSPS) is 10.3. The Bertz CT molecular complexity index is 633. The molecule has 0 aliphatic heterocycles. The van der Waals surface area contributed by atoms with Crippen LogP contribution in [0.4, 0.5) is 0 Å². The van der Waals surface area contributed by atoms with Gasteiger partial charge in [-0.15, -0.1) is 11.3 Å². The van der Waals surface area contributed by atoms with E-state index in [0.29, 0.717) is 26.3 Å². The van der Waals surface area contributed by atoms with Gasteiger partial charge in [0.2, 0.25) is 0 Å². The van der Waals surface area contributed by atoms with Crippen LogP contribution in [0.1, 0.15) is 31.6 Å². The predicted molar refractivity (Wildman–Crippen MR) is 72.4 cm³/mol. The first-order chi connectivity index (χ1) is 8.97. The molecule has 2 amide bonds. The zero-order chi connectivity index (χ0) is 14.0. The first-order valence-electron chi connectivity index (χ1n) is 5.40. The van der Waals surface area contributed by atoms with E-state index in [9.17, 15) is 9.59 Å². The number of carbonyl (C=O) groups excluding carboxylic acids is 2. The maximum atomic E-state index is 11.8. The molecule has 0 unspecified atom stereocenters.